The number of carbonyl (C=O) groups is 1. The summed E-state index contributed by atoms with van der Waals surface area (Å²) in [6.07, 6.45) is 6.14. The Kier molecular flexibility index (Phi) is 7.22. The fraction of sp³-hybridized carbons (Fsp3) is 0.462. The van der Waals surface area contributed by atoms with Gasteiger partial charge in [0.05, 0.1) is 24.8 Å². The average molecular weight is 418 g/mol. The largest absolute Gasteiger partial charge is 0.494 e. The smallest absolute Gasteiger partial charge is 0.237 e. The summed E-state index contributed by atoms with van der Waals surface area (Å²) in [5, 5.41) is 9.47. The first-order valence-electron chi connectivity index (χ1n) is 11.4. The second kappa shape index (κ2) is 10.5. The van der Waals surface area contributed by atoms with Crippen molar-refractivity contribution >= 4 is 5.91 Å². The summed E-state index contributed by atoms with van der Waals surface area (Å²) in [6.45, 7) is 3.21. The maximum Gasteiger partial charge on any atom is 0.237 e. The number of nitriles is 1. The number of carbonyl (C=O) groups excluding carboxylic acids is 1. The number of benzene rings is 2. The van der Waals surface area contributed by atoms with Crippen molar-refractivity contribution in [3.8, 4) is 11.8 Å². The van der Waals surface area contributed by atoms with Gasteiger partial charge in [0.25, 0.3) is 0 Å². The van der Waals surface area contributed by atoms with Crippen LogP contribution in [-0.2, 0) is 17.8 Å². The molecule has 2 bridgehead atoms. The number of hydrogen-bond acceptors (Lipinski definition) is 4. The number of ether oxygens (including phenoxy) is 1. The monoisotopic (exact) mass is 417 g/mol. The zero-order valence-electron chi connectivity index (χ0n) is 18.1. The second-order valence-electron chi connectivity index (χ2n) is 8.60. The summed E-state index contributed by atoms with van der Waals surface area (Å²) < 4.78 is 5.99. The maximum absolute atomic E-state index is 13.3. The first-order valence-corrected chi connectivity index (χ1v) is 11.4. The molecular formula is C26H31N3O2. The molecule has 4 rings (SSSR count). The van der Waals surface area contributed by atoms with Crippen LogP contribution in [0.25, 0.3) is 0 Å². The van der Waals surface area contributed by atoms with Crippen LogP contribution >= 0.6 is 0 Å². The number of hydrogen-bond donors (Lipinski definition) is 0. The highest BCUT2D eigenvalue weighted by atomic mass is 16.5. The average Bonchev–Trinajstić information content (AvgIpc) is 2.80. The van der Waals surface area contributed by atoms with Gasteiger partial charge in [0.1, 0.15) is 5.75 Å². The fourth-order valence-electron chi connectivity index (χ4n) is 4.74. The molecule has 162 valence electrons. The molecule has 5 nitrogen and oxygen atoms in total. The zero-order valence-corrected chi connectivity index (χ0v) is 18.1. The van der Waals surface area contributed by atoms with Crippen LogP contribution in [0.4, 0.5) is 0 Å². The van der Waals surface area contributed by atoms with E-state index in [1.807, 2.05) is 30.3 Å². The number of amides is 1. The van der Waals surface area contributed by atoms with Crippen LogP contribution in [0.2, 0.25) is 0 Å². The minimum atomic E-state index is 0.214. The Morgan fingerprint density at radius 2 is 1.94 bits per heavy atom. The molecule has 2 aromatic carbocycles. The first-order chi connectivity index (χ1) is 15.2. The van der Waals surface area contributed by atoms with Gasteiger partial charge >= 0.3 is 0 Å². The topological polar surface area (TPSA) is 56.6 Å². The molecule has 1 atom stereocenters. The molecule has 1 saturated heterocycles. The third kappa shape index (κ3) is 5.65. The van der Waals surface area contributed by atoms with Crippen molar-refractivity contribution in [2.45, 2.75) is 51.1 Å². The van der Waals surface area contributed by atoms with Crippen molar-refractivity contribution in [3.05, 3.63) is 65.2 Å². The number of piperidine rings is 1. The highest BCUT2D eigenvalue weighted by molar-refractivity contribution is 5.78. The first kappa shape index (κ1) is 21.4. The van der Waals surface area contributed by atoms with Gasteiger partial charge in [-0.15, -0.1) is 0 Å². The third-order valence-corrected chi connectivity index (χ3v) is 6.39. The van der Waals surface area contributed by atoms with Crippen LogP contribution < -0.4 is 4.74 Å². The van der Waals surface area contributed by atoms with E-state index in [1.165, 1.54) is 12.0 Å². The van der Waals surface area contributed by atoms with Gasteiger partial charge < -0.3 is 9.64 Å². The fourth-order valence-corrected chi connectivity index (χ4v) is 4.74. The third-order valence-electron chi connectivity index (χ3n) is 6.39. The second-order valence-corrected chi connectivity index (χ2v) is 8.60. The van der Waals surface area contributed by atoms with E-state index in [9.17, 15) is 10.1 Å². The zero-order chi connectivity index (χ0) is 21.5. The van der Waals surface area contributed by atoms with Gasteiger partial charge in [0.15, 0.2) is 0 Å². The Morgan fingerprint density at radius 3 is 2.84 bits per heavy atom. The van der Waals surface area contributed by atoms with E-state index in [4.69, 9.17) is 4.74 Å². The van der Waals surface area contributed by atoms with E-state index in [0.717, 1.165) is 56.5 Å². The molecule has 0 aliphatic carbocycles. The van der Waals surface area contributed by atoms with Crippen LogP contribution in [0, 0.1) is 11.3 Å². The van der Waals surface area contributed by atoms with Crippen molar-refractivity contribution in [2.24, 2.45) is 0 Å². The summed E-state index contributed by atoms with van der Waals surface area (Å²) in [7, 11) is 0. The molecule has 2 aliphatic rings. The molecule has 1 unspecified atom stereocenters. The van der Waals surface area contributed by atoms with E-state index >= 15 is 0 Å². The standard InChI is InChI=1S/C26H31N3O2/c27-18-22-8-1-2-9-23(22)19-28-14-6-16-31-25-11-5-7-21(17-25)12-13-24-10-3-4-15-29(24)26(30)20-28/h1-2,5,7-9,11,17,24H,3-4,6,10,12-16,19-20H2. The predicted octanol–water partition coefficient (Wildman–Crippen LogP) is 4.16. The van der Waals surface area contributed by atoms with Crippen LogP contribution in [0.1, 0.15) is 48.8 Å². The van der Waals surface area contributed by atoms with Gasteiger partial charge in [0.2, 0.25) is 5.91 Å². The highest BCUT2D eigenvalue weighted by Crippen LogP contribution is 2.24. The predicted molar refractivity (Wildman–Crippen MR) is 121 cm³/mol. The van der Waals surface area contributed by atoms with Crippen molar-refractivity contribution in [1.29, 1.82) is 5.26 Å². The van der Waals surface area contributed by atoms with Crippen molar-refractivity contribution in [3.63, 3.8) is 0 Å². The van der Waals surface area contributed by atoms with Crippen molar-refractivity contribution in [2.75, 3.05) is 26.2 Å². The molecule has 0 saturated carbocycles. The van der Waals surface area contributed by atoms with E-state index in [0.29, 0.717) is 31.3 Å². The summed E-state index contributed by atoms with van der Waals surface area (Å²) in [6, 6.07) is 18.6. The van der Waals surface area contributed by atoms with Crippen LogP contribution in [0.5, 0.6) is 5.75 Å². The van der Waals surface area contributed by atoms with Crippen LogP contribution in [0.15, 0.2) is 48.5 Å². The lowest BCUT2D eigenvalue weighted by Crippen LogP contribution is -2.48. The summed E-state index contributed by atoms with van der Waals surface area (Å²) >= 11 is 0. The quantitative estimate of drug-likeness (QED) is 0.736. The Labute approximate surface area is 185 Å². The normalized spacial score (nSPS) is 20.8. The molecular weight excluding hydrogens is 386 g/mol. The van der Waals surface area contributed by atoms with E-state index < -0.39 is 0 Å². The van der Waals surface area contributed by atoms with Crippen LogP contribution in [-0.4, -0.2) is 48.0 Å². The van der Waals surface area contributed by atoms with Gasteiger partial charge in [0, 0.05) is 25.7 Å². The Bertz CT molecular complexity index is 936. The molecule has 0 N–H and O–H groups in total. The van der Waals surface area contributed by atoms with Crippen molar-refractivity contribution in [1.82, 2.24) is 9.80 Å². The van der Waals surface area contributed by atoms with Gasteiger partial charge in [-0.25, -0.2) is 0 Å². The lowest BCUT2D eigenvalue weighted by molar-refractivity contribution is -0.136. The minimum Gasteiger partial charge on any atom is -0.494 e. The Hall–Kier alpha value is -2.84. The van der Waals surface area contributed by atoms with Crippen LogP contribution in [0.3, 0.4) is 0 Å². The van der Waals surface area contributed by atoms with E-state index in [-0.39, 0.29) is 5.91 Å². The molecule has 2 aliphatic heterocycles. The number of rotatable bonds is 2. The molecule has 5 heteroatoms. The number of fused-ring (bicyclic) bond motifs is 3. The molecule has 2 heterocycles. The molecule has 1 fully saturated rings. The van der Waals surface area contributed by atoms with Gasteiger partial charge in [-0.05, 0) is 67.9 Å². The minimum absolute atomic E-state index is 0.214. The molecule has 31 heavy (non-hydrogen) atoms. The number of nitrogens with zero attached hydrogens (tertiary/aromatic N) is 3. The van der Waals surface area contributed by atoms with E-state index in [2.05, 4.69) is 34.1 Å². The molecule has 0 aromatic heterocycles. The maximum atomic E-state index is 13.3. The molecule has 2 aromatic rings. The van der Waals surface area contributed by atoms with Gasteiger partial charge in [-0.3, -0.25) is 9.69 Å². The van der Waals surface area contributed by atoms with Gasteiger partial charge in [-0.1, -0.05) is 30.3 Å². The molecule has 1 amide bonds. The number of aryl methyl sites for hydroxylation is 1. The van der Waals surface area contributed by atoms with E-state index in [1.54, 1.807) is 0 Å². The van der Waals surface area contributed by atoms with Gasteiger partial charge in [-0.2, -0.15) is 5.26 Å². The SMILES string of the molecule is N#Cc1ccccc1CN1CCCOc2cccc(c2)CCC2CCCCN2C(=O)C1. The Morgan fingerprint density at radius 1 is 1.03 bits per heavy atom. The summed E-state index contributed by atoms with van der Waals surface area (Å²) in [5.74, 6) is 1.14. The summed E-state index contributed by atoms with van der Waals surface area (Å²) in [5.41, 5.74) is 2.93. The molecule has 0 spiro atoms. The Balaban J connectivity index is 1.55. The van der Waals surface area contributed by atoms with Crippen molar-refractivity contribution < 1.29 is 9.53 Å². The summed E-state index contributed by atoms with van der Waals surface area (Å²) in [4.78, 5) is 17.6. The lowest BCUT2D eigenvalue weighted by Gasteiger charge is -2.37. The molecule has 0 radical (unpaired) electrons. The highest BCUT2D eigenvalue weighted by Gasteiger charge is 2.28. The lowest BCUT2D eigenvalue weighted by atomic mass is 9.95.